The maximum atomic E-state index is 11.6. The van der Waals surface area contributed by atoms with Crippen molar-refractivity contribution in [3.63, 3.8) is 0 Å². The highest BCUT2D eigenvalue weighted by molar-refractivity contribution is 8.01. The van der Waals surface area contributed by atoms with Gasteiger partial charge in [0.05, 0.1) is 18.0 Å². The van der Waals surface area contributed by atoms with Gasteiger partial charge in [-0.05, 0) is 13.8 Å². The van der Waals surface area contributed by atoms with Gasteiger partial charge in [0.1, 0.15) is 11.4 Å². The second-order valence-corrected chi connectivity index (χ2v) is 6.26. The van der Waals surface area contributed by atoms with Crippen molar-refractivity contribution in [3.05, 3.63) is 0 Å². The first-order valence-electron chi connectivity index (χ1n) is 4.94. The summed E-state index contributed by atoms with van der Waals surface area (Å²) in [6.07, 6.45) is 0. The molecule has 3 atom stereocenters. The minimum Gasteiger partial charge on any atom is -0.548 e. The number of urea groups is 1. The van der Waals surface area contributed by atoms with E-state index in [0.717, 1.165) is 16.7 Å². The van der Waals surface area contributed by atoms with E-state index >= 15 is 0 Å². The van der Waals surface area contributed by atoms with Gasteiger partial charge in [-0.25, -0.2) is 4.79 Å². The predicted octanol–water partition coefficient (Wildman–Crippen LogP) is -2.90. The molecule has 0 aromatic heterocycles. The minimum atomic E-state index is -1.42. The standard InChI is InChI=1S/C9H12N2O5S/c1-9(2)4(7(14)15)11-5(17-9)3(6(12)13)10-8(11)16/h3-5H,1-2H3,(H,10,16)(H,12,13)(H,14,15)/p-2/t3-,4?,5+/m0/s1. The van der Waals surface area contributed by atoms with Crippen LogP contribution in [0.25, 0.3) is 0 Å². The largest absolute Gasteiger partial charge is 0.548 e. The lowest BCUT2D eigenvalue weighted by Gasteiger charge is -2.30. The quantitative estimate of drug-likeness (QED) is 0.568. The normalized spacial score (nSPS) is 34.4. The SMILES string of the molecule is CC1(C)S[C@@H]2[C@@H](C(=O)[O-])NC(=O)N2C1C(=O)[O-]. The Hall–Kier alpha value is -1.44. The second-order valence-electron chi connectivity index (χ2n) is 4.49. The Labute approximate surface area is 101 Å². The lowest BCUT2D eigenvalue weighted by atomic mass is 10.0. The Kier molecular flexibility index (Phi) is 2.49. The van der Waals surface area contributed by atoms with Gasteiger partial charge in [0.25, 0.3) is 0 Å². The summed E-state index contributed by atoms with van der Waals surface area (Å²) in [5.41, 5.74) is 0. The number of carboxylic acids is 2. The van der Waals surface area contributed by atoms with Crippen LogP contribution in [0.3, 0.4) is 0 Å². The molecule has 0 radical (unpaired) electrons. The lowest BCUT2D eigenvalue weighted by Crippen LogP contribution is -2.54. The number of hydrogen-bond donors (Lipinski definition) is 1. The van der Waals surface area contributed by atoms with E-state index in [0.29, 0.717) is 0 Å². The molecule has 2 fully saturated rings. The molecule has 2 saturated heterocycles. The van der Waals surface area contributed by atoms with Gasteiger partial charge in [-0.1, -0.05) is 0 Å². The predicted molar refractivity (Wildman–Crippen MR) is 53.4 cm³/mol. The van der Waals surface area contributed by atoms with Crippen molar-refractivity contribution in [1.82, 2.24) is 10.2 Å². The van der Waals surface area contributed by atoms with Crippen LogP contribution in [-0.4, -0.2) is 45.1 Å². The average Bonchev–Trinajstić information content (AvgIpc) is 2.59. The molecular formula is C9H10N2O5S-2. The number of rotatable bonds is 2. The number of carboxylic acid groups (broad SMARTS) is 2. The molecule has 1 unspecified atom stereocenters. The Morgan fingerprint density at radius 1 is 1.35 bits per heavy atom. The fraction of sp³-hybridized carbons (Fsp3) is 0.667. The zero-order valence-corrected chi connectivity index (χ0v) is 9.95. The smallest absolute Gasteiger partial charge is 0.319 e. The maximum absolute atomic E-state index is 11.6. The Morgan fingerprint density at radius 2 is 1.94 bits per heavy atom. The van der Waals surface area contributed by atoms with Crippen LogP contribution < -0.4 is 15.5 Å². The van der Waals surface area contributed by atoms with E-state index in [1.807, 2.05) is 0 Å². The van der Waals surface area contributed by atoms with Gasteiger partial charge in [0.15, 0.2) is 0 Å². The molecule has 2 heterocycles. The Morgan fingerprint density at radius 3 is 2.41 bits per heavy atom. The van der Waals surface area contributed by atoms with E-state index in [-0.39, 0.29) is 0 Å². The number of nitrogens with one attached hydrogen (secondary N) is 1. The number of carbonyl (C=O) groups is 3. The molecule has 17 heavy (non-hydrogen) atoms. The van der Waals surface area contributed by atoms with E-state index in [1.165, 1.54) is 0 Å². The summed E-state index contributed by atoms with van der Waals surface area (Å²) < 4.78 is -0.797. The number of nitrogens with zero attached hydrogens (tertiary/aromatic N) is 1. The van der Waals surface area contributed by atoms with E-state index in [9.17, 15) is 24.6 Å². The molecule has 8 heteroatoms. The van der Waals surface area contributed by atoms with E-state index in [1.54, 1.807) is 13.8 Å². The monoisotopic (exact) mass is 258 g/mol. The molecule has 0 aliphatic carbocycles. The molecule has 2 aliphatic rings. The summed E-state index contributed by atoms with van der Waals surface area (Å²) in [6.45, 7) is 3.27. The maximum Gasteiger partial charge on any atom is 0.319 e. The summed E-state index contributed by atoms with van der Waals surface area (Å²) in [4.78, 5) is 34.5. The number of carbonyl (C=O) groups excluding carboxylic acids is 3. The first-order valence-corrected chi connectivity index (χ1v) is 5.82. The fourth-order valence-corrected chi connectivity index (χ4v) is 3.83. The van der Waals surface area contributed by atoms with Crippen LogP contribution in [0.1, 0.15) is 13.8 Å². The topological polar surface area (TPSA) is 113 Å². The molecular weight excluding hydrogens is 248 g/mol. The summed E-state index contributed by atoms with van der Waals surface area (Å²) in [7, 11) is 0. The summed E-state index contributed by atoms with van der Waals surface area (Å²) >= 11 is 1.12. The lowest BCUT2D eigenvalue weighted by molar-refractivity contribution is -0.313. The number of hydrogen-bond acceptors (Lipinski definition) is 6. The third-order valence-electron chi connectivity index (χ3n) is 2.91. The van der Waals surface area contributed by atoms with Crippen LogP contribution in [0, 0.1) is 0 Å². The van der Waals surface area contributed by atoms with Crippen LogP contribution in [0.2, 0.25) is 0 Å². The summed E-state index contributed by atoms with van der Waals surface area (Å²) in [5.74, 6) is -2.81. The molecule has 0 spiro atoms. The number of amides is 2. The molecule has 2 rings (SSSR count). The van der Waals surface area contributed by atoms with Crippen LogP contribution in [0.5, 0.6) is 0 Å². The van der Waals surface area contributed by atoms with E-state index < -0.39 is 40.2 Å². The highest BCUT2D eigenvalue weighted by Crippen LogP contribution is 2.47. The average molecular weight is 258 g/mol. The summed E-state index contributed by atoms with van der Waals surface area (Å²) in [6, 6.07) is -3.06. The van der Waals surface area contributed by atoms with Gasteiger partial charge in [0.2, 0.25) is 0 Å². The van der Waals surface area contributed by atoms with Crippen molar-refractivity contribution in [2.75, 3.05) is 0 Å². The third-order valence-corrected chi connectivity index (χ3v) is 4.48. The third kappa shape index (κ3) is 1.63. The van der Waals surface area contributed by atoms with Crippen molar-refractivity contribution < 1.29 is 24.6 Å². The zero-order valence-electron chi connectivity index (χ0n) is 9.13. The van der Waals surface area contributed by atoms with Gasteiger partial charge in [-0.2, -0.15) is 0 Å². The minimum absolute atomic E-state index is 0.712. The van der Waals surface area contributed by atoms with Gasteiger partial charge < -0.3 is 30.0 Å². The Bertz CT molecular complexity index is 410. The van der Waals surface area contributed by atoms with Crippen molar-refractivity contribution in [1.29, 1.82) is 0 Å². The number of aliphatic carboxylic acids is 2. The second kappa shape index (κ2) is 3.52. The van der Waals surface area contributed by atoms with Gasteiger partial charge in [-0.3, -0.25) is 0 Å². The fourth-order valence-electron chi connectivity index (χ4n) is 2.23. The van der Waals surface area contributed by atoms with Crippen LogP contribution >= 0.6 is 11.8 Å². The van der Waals surface area contributed by atoms with Crippen LogP contribution in [0.4, 0.5) is 4.79 Å². The van der Waals surface area contributed by atoms with E-state index in [2.05, 4.69) is 5.32 Å². The Balaban J connectivity index is 2.38. The number of thioether (sulfide) groups is 1. The highest BCUT2D eigenvalue weighted by atomic mass is 32.2. The van der Waals surface area contributed by atoms with Crippen molar-refractivity contribution in [2.45, 2.75) is 36.1 Å². The molecule has 7 nitrogen and oxygen atoms in total. The first-order chi connectivity index (χ1) is 7.75. The summed E-state index contributed by atoms with van der Waals surface area (Å²) in [5, 5.41) is 23.3. The first kappa shape index (κ1) is 12.0. The molecule has 0 aromatic carbocycles. The molecule has 2 aliphatic heterocycles. The van der Waals surface area contributed by atoms with Gasteiger partial charge in [0, 0.05) is 4.75 Å². The molecule has 94 valence electrons. The van der Waals surface area contributed by atoms with Crippen molar-refractivity contribution in [2.24, 2.45) is 0 Å². The van der Waals surface area contributed by atoms with Crippen molar-refractivity contribution in [3.8, 4) is 0 Å². The van der Waals surface area contributed by atoms with E-state index in [4.69, 9.17) is 0 Å². The molecule has 0 bridgehead atoms. The molecule has 2 amide bonds. The van der Waals surface area contributed by atoms with Crippen molar-refractivity contribution >= 4 is 29.7 Å². The van der Waals surface area contributed by atoms with Crippen LogP contribution in [0.15, 0.2) is 0 Å². The highest BCUT2D eigenvalue weighted by Gasteiger charge is 2.56. The molecule has 1 N–H and O–H groups in total. The van der Waals surface area contributed by atoms with Crippen LogP contribution in [-0.2, 0) is 9.59 Å². The molecule has 0 saturated carbocycles. The van der Waals surface area contributed by atoms with Gasteiger partial charge in [-0.15, -0.1) is 11.8 Å². The van der Waals surface area contributed by atoms with Gasteiger partial charge >= 0.3 is 6.03 Å². The number of fused-ring (bicyclic) bond motifs is 1. The molecule has 0 aromatic rings. The zero-order chi connectivity index (χ0) is 13.0.